The van der Waals surface area contributed by atoms with Crippen molar-refractivity contribution < 1.29 is 10.1 Å². The molecular formula is C12H13NO2. The Morgan fingerprint density at radius 3 is 3.00 bits per heavy atom. The maximum absolute atomic E-state index is 9.22. The number of benzene rings is 1. The third kappa shape index (κ3) is 1.10. The van der Waals surface area contributed by atoms with Gasteiger partial charge in [-0.1, -0.05) is 18.2 Å². The highest BCUT2D eigenvalue weighted by molar-refractivity contribution is 6.00. The predicted octanol–water partition coefficient (Wildman–Crippen LogP) is 3.03. The van der Waals surface area contributed by atoms with Gasteiger partial charge in [0.2, 0.25) is 0 Å². The first-order chi connectivity index (χ1) is 7.37. The van der Waals surface area contributed by atoms with Gasteiger partial charge in [0.15, 0.2) is 5.60 Å². The third-order valence-electron chi connectivity index (χ3n) is 3.41. The van der Waals surface area contributed by atoms with Crippen LogP contribution < -0.4 is 0 Å². The van der Waals surface area contributed by atoms with Crippen LogP contribution >= 0.6 is 0 Å². The predicted molar refractivity (Wildman–Crippen MR) is 57.4 cm³/mol. The molecule has 1 heterocycles. The second-order valence-corrected chi connectivity index (χ2v) is 4.20. The summed E-state index contributed by atoms with van der Waals surface area (Å²) < 4.78 is 0. The maximum atomic E-state index is 9.22. The average molecular weight is 203 g/mol. The molecule has 2 aliphatic rings. The molecular weight excluding hydrogens is 190 g/mol. The minimum absolute atomic E-state index is 0.630. The number of aliphatic imine (C=N–C) groups is 1. The van der Waals surface area contributed by atoms with Gasteiger partial charge in [0.25, 0.3) is 0 Å². The first-order valence-electron chi connectivity index (χ1n) is 5.37. The van der Waals surface area contributed by atoms with Crippen LogP contribution in [-0.4, -0.2) is 11.0 Å². The van der Waals surface area contributed by atoms with Crippen molar-refractivity contribution in [2.45, 2.75) is 31.3 Å². The van der Waals surface area contributed by atoms with E-state index in [0.717, 1.165) is 42.6 Å². The van der Waals surface area contributed by atoms with Crippen LogP contribution in [0.3, 0.4) is 0 Å². The Hall–Kier alpha value is -1.19. The summed E-state index contributed by atoms with van der Waals surface area (Å²) in [6.45, 7) is 0. The topological polar surface area (TPSA) is 41.8 Å². The van der Waals surface area contributed by atoms with E-state index in [1.54, 1.807) is 0 Å². The van der Waals surface area contributed by atoms with E-state index in [0.29, 0.717) is 0 Å². The normalized spacial score (nSPS) is 28.2. The molecule has 1 atom stereocenters. The van der Waals surface area contributed by atoms with Gasteiger partial charge < -0.3 is 0 Å². The van der Waals surface area contributed by atoms with E-state index >= 15 is 0 Å². The van der Waals surface area contributed by atoms with Crippen LogP contribution in [0.4, 0.5) is 5.69 Å². The van der Waals surface area contributed by atoms with E-state index in [2.05, 4.69) is 4.99 Å². The second kappa shape index (κ2) is 3.15. The van der Waals surface area contributed by atoms with Gasteiger partial charge in [-0.05, 0) is 31.7 Å². The van der Waals surface area contributed by atoms with Crippen molar-refractivity contribution in [2.75, 3.05) is 0 Å². The van der Waals surface area contributed by atoms with Crippen molar-refractivity contribution >= 4 is 11.4 Å². The van der Waals surface area contributed by atoms with Crippen molar-refractivity contribution in [3.8, 4) is 0 Å². The van der Waals surface area contributed by atoms with Gasteiger partial charge in [0, 0.05) is 5.56 Å². The minimum Gasteiger partial charge on any atom is -0.254 e. The number of hydrogen-bond donors (Lipinski definition) is 1. The van der Waals surface area contributed by atoms with Crippen molar-refractivity contribution in [3.63, 3.8) is 0 Å². The van der Waals surface area contributed by atoms with Gasteiger partial charge in [-0.2, -0.15) is 0 Å². The van der Waals surface area contributed by atoms with Crippen LogP contribution in [0.2, 0.25) is 0 Å². The van der Waals surface area contributed by atoms with Gasteiger partial charge in [0.05, 0.1) is 11.4 Å². The van der Waals surface area contributed by atoms with E-state index in [1.807, 2.05) is 24.3 Å². The molecule has 3 rings (SSSR count). The fraction of sp³-hybridized carbons (Fsp3) is 0.417. The second-order valence-electron chi connectivity index (χ2n) is 4.20. The van der Waals surface area contributed by atoms with Crippen LogP contribution in [0.15, 0.2) is 29.3 Å². The van der Waals surface area contributed by atoms with Crippen LogP contribution in [0.25, 0.3) is 0 Å². The highest BCUT2D eigenvalue weighted by Gasteiger charge is 2.46. The Balaban J connectivity index is 2.18. The first kappa shape index (κ1) is 9.07. The zero-order valence-corrected chi connectivity index (χ0v) is 8.44. The number of para-hydroxylation sites is 1. The third-order valence-corrected chi connectivity index (χ3v) is 3.41. The molecule has 1 aliphatic carbocycles. The molecule has 0 spiro atoms. The Morgan fingerprint density at radius 1 is 1.27 bits per heavy atom. The molecule has 1 aromatic carbocycles. The SMILES string of the molecule is OOC12CCCCC1=Nc1ccccc12. The van der Waals surface area contributed by atoms with Gasteiger partial charge in [-0.25, -0.2) is 4.89 Å². The first-order valence-corrected chi connectivity index (χ1v) is 5.37. The summed E-state index contributed by atoms with van der Waals surface area (Å²) in [7, 11) is 0. The van der Waals surface area contributed by atoms with Crippen molar-refractivity contribution in [1.82, 2.24) is 0 Å². The lowest BCUT2D eigenvalue weighted by Crippen LogP contribution is -2.38. The molecule has 1 N–H and O–H groups in total. The maximum Gasteiger partial charge on any atom is 0.168 e. The molecule has 0 bridgehead atoms. The van der Waals surface area contributed by atoms with E-state index in [-0.39, 0.29) is 0 Å². The largest absolute Gasteiger partial charge is 0.254 e. The molecule has 0 saturated heterocycles. The highest BCUT2D eigenvalue weighted by atomic mass is 17.1. The lowest BCUT2D eigenvalue weighted by molar-refractivity contribution is -0.308. The summed E-state index contributed by atoms with van der Waals surface area (Å²) in [5.41, 5.74) is 2.32. The average Bonchev–Trinajstić information content (AvgIpc) is 2.64. The fourth-order valence-corrected chi connectivity index (χ4v) is 2.65. The Bertz CT molecular complexity index is 427. The van der Waals surface area contributed by atoms with Crippen LogP contribution in [-0.2, 0) is 10.5 Å². The lowest BCUT2D eigenvalue weighted by atomic mass is 9.79. The summed E-state index contributed by atoms with van der Waals surface area (Å²) in [6.07, 6.45) is 3.97. The number of nitrogens with zero attached hydrogens (tertiary/aromatic N) is 1. The van der Waals surface area contributed by atoms with Crippen LogP contribution in [0.5, 0.6) is 0 Å². The molecule has 0 radical (unpaired) electrons. The Labute approximate surface area is 88.3 Å². The number of rotatable bonds is 1. The zero-order chi connectivity index (χ0) is 10.3. The molecule has 1 fully saturated rings. The van der Waals surface area contributed by atoms with Gasteiger partial charge >= 0.3 is 0 Å². The summed E-state index contributed by atoms with van der Waals surface area (Å²) in [4.78, 5) is 9.35. The quantitative estimate of drug-likeness (QED) is 0.563. The molecule has 1 unspecified atom stereocenters. The molecule has 3 nitrogen and oxygen atoms in total. The standard InChI is InChI=1S/C12H13NO2/c14-15-12-8-4-3-7-11(12)13-10-6-2-1-5-9(10)12/h1-2,5-6,14H,3-4,7-8H2. The summed E-state index contributed by atoms with van der Waals surface area (Å²) in [6, 6.07) is 7.90. The van der Waals surface area contributed by atoms with E-state index in [1.165, 1.54) is 0 Å². The van der Waals surface area contributed by atoms with Crippen LogP contribution in [0, 0.1) is 0 Å². The lowest BCUT2D eigenvalue weighted by Gasteiger charge is -2.32. The smallest absolute Gasteiger partial charge is 0.168 e. The Kier molecular flexibility index (Phi) is 1.90. The summed E-state index contributed by atoms with van der Waals surface area (Å²) in [5.74, 6) is 0. The number of hydrogen-bond acceptors (Lipinski definition) is 3. The number of fused-ring (bicyclic) bond motifs is 3. The van der Waals surface area contributed by atoms with E-state index < -0.39 is 5.60 Å². The van der Waals surface area contributed by atoms with Crippen molar-refractivity contribution in [2.24, 2.45) is 4.99 Å². The molecule has 1 aromatic rings. The molecule has 0 aromatic heterocycles. The van der Waals surface area contributed by atoms with E-state index in [4.69, 9.17) is 4.89 Å². The summed E-state index contributed by atoms with van der Waals surface area (Å²) >= 11 is 0. The van der Waals surface area contributed by atoms with Crippen molar-refractivity contribution in [3.05, 3.63) is 29.8 Å². The van der Waals surface area contributed by atoms with Crippen molar-refractivity contribution in [1.29, 1.82) is 0 Å². The molecule has 0 amide bonds. The highest BCUT2D eigenvalue weighted by Crippen LogP contribution is 2.47. The molecule has 3 heteroatoms. The van der Waals surface area contributed by atoms with E-state index in [9.17, 15) is 5.26 Å². The molecule has 1 aliphatic heterocycles. The molecule has 15 heavy (non-hydrogen) atoms. The minimum atomic E-state index is -0.630. The van der Waals surface area contributed by atoms with Crippen LogP contribution in [0.1, 0.15) is 31.2 Å². The van der Waals surface area contributed by atoms with Gasteiger partial charge in [-0.15, -0.1) is 0 Å². The fourth-order valence-electron chi connectivity index (χ4n) is 2.65. The summed E-state index contributed by atoms with van der Waals surface area (Å²) in [5, 5.41) is 9.22. The van der Waals surface area contributed by atoms with Gasteiger partial charge in [0.1, 0.15) is 0 Å². The van der Waals surface area contributed by atoms with Gasteiger partial charge in [-0.3, -0.25) is 10.2 Å². The molecule has 1 saturated carbocycles. The zero-order valence-electron chi connectivity index (χ0n) is 8.44. The Morgan fingerprint density at radius 2 is 2.13 bits per heavy atom. The molecule has 78 valence electrons. The monoisotopic (exact) mass is 203 g/mol.